The summed E-state index contributed by atoms with van der Waals surface area (Å²) in [6.07, 6.45) is 2.52. The van der Waals surface area contributed by atoms with Crippen LogP contribution in [-0.2, 0) is 12.6 Å². The standard InChI is InChI=1S/C26H27F3N4O/c27-26(28,29)17-8-9-20(22(12-17)30-14-16-4-1-2-5-16)23-13-25(32-15-31-23)33-21-7-3-6-19-18(21)10-11-24(19)34/h3,6-9,12-13,15-16,24,30,34H,1-2,4-5,10-11,14H2,(H,31,32,33). The first-order chi connectivity index (χ1) is 16.4. The number of nitrogens with one attached hydrogen (secondary N) is 2. The largest absolute Gasteiger partial charge is 0.416 e. The number of rotatable bonds is 6. The number of aliphatic hydroxyl groups excluding tert-OH is 1. The van der Waals surface area contributed by atoms with Gasteiger partial charge in [-0.25, -0.2) is 9.97 Å². The molecule has 1 atom stereocenters. The number of aliphatic hydroxyl groups is 1. The summed E-state index contributed by atoms with van der Waals surface area (Å²) in [5.41, 5.74) is 3.72. The van der Waals surface area contributed by atoms with Gasteiger partial charge in [-0.3, -0.25) is 0 Å². The summed E-state index contributed by atoms with van der Waals surface area (Å²) >= 11 is 0. The first-order valence-corrected chi connectivity index (χ1v) is 11.7. The van der Waals surface area contributed by atoms with Crippen LogP contribution in [0, 0.1) is 5.92 Å². The highest BCUT2D eigenvalue weighted by molar-refractivity contribution is 5.78. The molecule has 34 heavy (non-hydrogen) atoms. The van der Waals surface area contributed by atoms with Gasteiger partial charge in [-0.1, -0.05) is 31.0 Å². The summed E-state index contributed by atoms with van der Waals surface area (Å²) in [5.74, 6) is 1.02. The van der Waals surface area contributed by atoms with Crippen LogP contribution in [0.4, 0.5) is 30.4 Å². The number of halogens is 3. The van der Waals surface area contributed by atoms with Gasteiger partial charge in [0.2, 0.25) is 0 Å². The van der Waals surface area contributed by atoms with E-state index in [1.165, 1.54) is 31.3 Å². The molecule has 5 rings (SSSR count). The lowest BCUT2D eigenvalue weighted by Crippen LogP contribution is -2.13. The zero-order valence-electron chi connectivity index (χ0n) is 18.7. The zero-order valence-corrected chi connectivity index (χ0v) is 18.7. The lowest BCUT2D eigenvalue weighted by atomic mass is 10.0. The van der Waals surface area contributed by atoms with Crippen LogP contribution in [0.15, 0.2) is 48.8 Å². The molecule has 1 unspecified atom stereocenters. The number of hydrogen-bond donors (Lipinski definition) is 3. The molecule has 3 N–H and O–H groups in total. The number of fused-ring (bicyclic) bond motifs is 1. The molecule has 2 aliphatic carbocycles. The van der Waals surface area contributed by atoms with E-state index < -0.39 is 17.8 Å². The number of benzene rings is 2. The third-order valence-electron chi connectivity index (χ3n) is 6.85. The van der Waals surface area contributed by atoms with Crippen LogP contribution in [0.3, 0.4) is 0 Å². The van der Waals surface area contributed by atoms with Gasteiger partial charge in [-0.15, -0.1) is 0 Å². The van der Waals surface area contributed by atoms with E-state index >= 15 is 0 Å². The molecule has 1 fully saturated rings. The lowest BCUT2D eigenvalue weighted by molar-refractivity contribution is -0.137. The maximum absolute atomic E-state index is 13.4. The molecule has 178 valence electrons. The number of alkyl halides is 3. The third kappa shape index (κ3) is 4.73. The van der Waals surface area contributed by atoms with Gasteiger partial charge in [0, 0.05) is 29.5 Å². The van der Waals surface area contributed by atoms with Gasteiger partial charge < -0.3 is 15.7 Å². The average Bonchev–Trinajstić information content (AvgIpc) is 3.48. The van der Waals surface area contributed by atoms with Gasteiger partial charge >= 0.3 is 6.18 Å². The lowest BCUT2D eigenvalue weighted by Gasteiger charge is -2.18. The summed E-state index contributed by atoms with van der Waals surface area (Å²) in [4.78, 5) is 8.67. The normalized spacial score (nSPS) is 18.2. The molecule has 2 aliphatic rings. The van der Waals surface area contributed by atoms with Crippen molar-refractivity contribution >= 4 is 17.2 Å². The maximum Gasteiger partial charge on any atom is 0.416 e. The Morgan fingerprint density at radius 3 is 2.59 bits per heavy atom. The Hall–Kier alpha value is -3.13. The average molecular weight is 469 g/mol. The zero-order chi connectivity index (χ0) is 23.7. The minimum absolute atomic E-state index is 0.426. The smallest absolute Gasteiger partial charge is 0.388 e. The summed E-state index contributed by atoms with van der Waals surface area (Å²) in [7, 11) is 0. The molecule has 2 aromatic carbocycles. The highest BCUT2D eigenvalue weighted by Gasteiger charge is 2.31. The predicted molar refractivity (Wildman–Crippen MR) is 126 cm³/mol. The van der Waals surface area contributed by atoms with E-state index in [0.717, 1.165) is 42.1 Å². The van der Waals surface area contributed by atoms with Crippen molar-refractivity contribution in [3.05, 3.63) is 65.5 Å². The quantitative estimate of drug-likeness (QED) is 0.386. The Morgan fingerprint density at radius 1 is 0.971 bits per heavy atom. The minimum Gasteiger partial charge on any atom is -0.388 e. The SMILES string of the molecule is OC1CCc2c(Nc3cc(-c4ccc(C(F)(F)F)cc4NCC4CCCC4)ncn3)cccc21. The van der Waals surface area contributed by atoms with Crippen molar-refractivity contribution in [3.8, 4) is 11.3 Å². The number of anilines is 3. The van der Waals surface area contributed by atoms with E-state index in [9.17, 15) is 18.3 Å². The minimum atomic E-state index is -4.42. The van der Waals surface area contributed by atoms with Crippen molar-refractivity contribution in [2.75, 3.05) is 17.2 Å². The summed E-state index contributed by atoms with van der Waals surface area (Å²) in [6.45, 7) is 0.642. The van der Waals surface area contributed by atoms with Gasteiger partial charge in [-0.05, 0) is 60.9 Å². The van der Waals surface area contributed by atoms with Crippen LogP contribution >= 0.6 is 0 Å². The van der Waals surface area contributed by atoms with Crippen molar-refractivity contribution < 1.29 is 18.3 Å². The fraction of sp³-hybridized carbons (Fsp3) is 0.385. The molecule has 0 amide bonds. The fourth-order valence-electron chi connectivity index (χ4n) is 5.02. The van der Waals surface area contributed by atoms with Crippen molar-refractivity contribution in [2.24, 2.45) is 5.92 Å². The van der Waals surface area contributed by atoms with Gasteiger partial charge in [0.1, 0.15) is 12.1 Å². The Balaban J connectivity index is 1.45. The van der Waals surface area contributed by atoms with Gasteiger partial charge in [-0.2, -0.15) is 13.2 Å². The molecule has 1 saturated carbocycles. The molecule has 5 nitrogen and oxygen atoms in total. The van der Waals surface area contributed by atoms with E-state index in [0.29, 0.717) is 41.6 Å². The second kappa shape index (κ2) is 9.25. The highest BCUT2D eigenvalue weighted by atomic mass is 19.4. The molecule has 0 bridgehead atoms. The Morgan fingerprint density at radius 2 is 1.79 bits per heavy atom. The second-order valence-corrected chi connectivity index (χ2v) is 9.13. The molecule has 8 heteroatoms. The van der Waals surface area contributed by atoms with Crippen LogP contribution in [0.2, 0.25) is 0 Å². The van der Waals surface area contributed by atoms with E-state index in [1.54, 1.807) is 6.07 Å². The van der Waals surface area contributed by atoms with Gasteiger partial charge in [0.05, 0.1) is 17.4 Å². The topological polar surface area (TPSA) is 70.1 Å². The highest BCUT2D eigenvalue weighted by Crippen LogP contribution is 2.38. The molecule has 0 aliphatic heterocycles. The Bertz CT molecular complexity index is 1170. The number of hydrogen-bond acceptors (Lipinski definition) is 5. The molecule has 0 spiro atoms. The predicted octanol–water partition coefficient (Wildman–Crippen LogP) is 6.49. The molecule has 0 saturated heterocycles. The molecular weight excluding hydrogens is 441 g/mol. The van der Waals surface area contributed by atoms with Crippen LogP contribution < -0.4 is 10.6 Å². The first kappa shape index (κ1) is 22.7. The molecule has 0 radical (unpaired) electrons. The van der Waals surface area contributed by atoms with Crippen LogP contribution in [-0.4, -0.2) is 21.6 Å². The fourth-order valence-corrected chi connectivity index (χ4v) is 5.02. The summed E-state index contributed by atoms with van der Waals surface area (Å²) in [6, 6.07) is 11.2. The molecule has 1 aromatic heterocycles. The number of nitrogens with zero attached hydrogens (tertiary/aromatic N) is 2. The van der Waals surface area contributed by atoms with E-state index in [2.05, 4.69) is 20.6 Å². The molecular formula is C26H27F3N4O. The summed E-state index contributed by atoms with van der Waals surface area (Å²) in [5, 5.41) is 16.7. The van der Waals surface area contributed by atoms with Crippen LogP contribution in [0.25, 0.3) is 11.3 Å². The second-order valence-electron chi connectivity index (χ2n) is 9.13. The van der Waals surface area contributed by atoms with E-state index in [4.69, 9.17) is 0 Å². The van der Waals surface area contributed by atoms with Crippen LogP contribution in [0.5, 0.6) is 0 Å². The van der Waals surface area contributed by atoms with Crippen molar-refractivity contribution in [1.82, 2.24) is 9.97 Å². The Kier molecular flexibility index (Phi) is 6.16. The van der Waals surface area contributed by atoms with Gasteiger partial charge in [0.15, 0.2) is 0 Å². The van der Waals surface area contributed by atoms with Crippen molar-refractivity contribution in [3.63, 3.8) is 0 Å². The molecule has 1 heterocycles. The van der Waals surface area contributed by atoms with E-state index in [-0.39, 0.29) is 0 Å². The summed E-state index contributed by atoms with van der Waals surface area (Å²) < 4.78 is 40.2. The van der Waals surface area contributed by atoms with Crippen molar-refractivity contribution in [1.29, 1.82) is 0 Å². The van der Waals surface area contributed by atoms with Crippen molar-refractivity contribution in [2.45, 2.75) is 50.8 Å². The van der Waals surface area contributed by atoms with E-state index in [1.807, 2.05) is 18.2 Å². The monoisotopic (exact) mass is 468 g/mol. The van der Waals surface area contributed by atoms with Gasteiger partial charge in [0.25, 0.3) is 0 Å². The number of aromatic nitrogens is 2. The third-order valence-corrected chi connectivity index (χ3v) is 6.85. The molecule has 3 aromatic rings. The maximum atomic E-state index is 13.4. The van der Waals surface area contributed by atoms with Crippen LogP contribution in [0.1, 0.15) is 54.9 Å². The Labute approximate surface area is 196 Å². The first-order valence-electron chi connectivity index (χ1n) is 11.7.